The molecule has 1 heterocycles. The second-order valence-corrected chi connectivity index (χ2v) is 7.54. The van der Waals surface area contributed by atoms with Crippen molar-refractivity contribution < 1.29 is 18.3 Å². The van der Waals surface area contributed by atoms with Crippen molar-refractivity contribution in [1.82, 2.24) is 0 Å². The predicted molar refractivity (Wildman–Crippen MR) is 77.3 cm³/mol. The van der Waals surface area contributed by atoms with E-state index in [1.54, 1.807) is 0 Å². The summed E-state index contributed by atoms with van der Waals surface area (Å²) in [5.74, 6) is -1.24. The second-order valence-electron chi connectivity index (χ2n) is 3.99. The Hall–Kier alpha value is -1.57. The standard InChI is InChI=1S/C12H10ClNO4S2/c1-6-11(9(14)10(19-6)12(15)16)20(17,18)8-4-2-7(13)3-5-8/h2-5H,14H2,1H3,(H,15,16). The van der Waals surface area contributed by atoms with E-state index in [4.69, 9.17) is 22.4 Å². The monoisotopic (exact) mass is 331 g/mol. The van der Waals surface area contributed by atoms with Crippen LogP contribution in [0.15, 0.2) is 34.1 Å². The molecule has 0 aliphatic heterocycles. The summed E-state index contributed by atoms with van der Waals surface area (Å²) in [6.45, 7) is 1.52. The van der Waals surface area contributed by atoms with E-state index in [-0.39, 0.29) is 20.4 Å². The van der Waals surface area contributed by atoms with Gasteiger partial charge in [0.05, 0.1) is 10.6 Å². The summed E-state index contributed by atoms with van der Waals surface area (Å²) in [5.41, 5.74) is 5.46. The minimum absolute atomic E-state index is 0.0199. The zero-order valence-electron chi connectivity index (χ0n) is 10.3. The number of nitrogens with two attached hydrogens (primary N) is 1. The van der Waals surface area contributed by atoms with Crippen molar-refractivity contribution in [2.45, 2.75) is 16.7 Å². The number of thiophene rings is 1. The molecular weight excluding hydrogens is 322 g/mol. The Labute approximate surface area is 124 Å². The zero-order chi connectivity index (χ0) is 15.1. The molecule has 2 rings (SSSR count). The Morgan fingerprint density at radius 3 is 2.30 bits per heavy atom. The van der Waals surface area contributed by atoms with E-state index < -0.39 is 15.8 Å². The molecule has 20 heavy (non-hydrogen) atoms. The van der Waals surface area contributed by atoms with E-state index in [1.165, 1.54) is 31.2 Å². The smallest absolute Gasteiger partial charge is 0.348 e. The summed E-state index contributed by atoms with van der Waals surface area (Å²) < 4.78 is 25.0. The van der Waals surface area contributed by atoms with Crippen LogP contribution in [0.2, 0.25) is 5.02 Å². The summed E-state index contributed by atoms with van der Waals surface area (Å²) in [4.78, 5) is 11.1. The van der Waals surface area contributed by atoms with E-state index in [0.29, 0.717) is 9.90 Å². The van der Waals surface area contributed by atoms with Crippen LogP contribution < -0.4 is 5.73 Å². The number of sulfone groups is 1. The lowest BCUT2D eigenvalue weighted by molar-refractivity contribution is 0.0703. The normalized spacial score (nSPS) is 11.5. The lowest BCUT2D eigenvalue weighted by atomic mass is 10.3. The van der Waals surface area contributed by atoms with Crippen LogP contribution >= 0.6 is 22.9 Å². The number of nitrogen functional groups attached to an aromatic ring is 1. The summed E-state index contributed by atoms with van der Waals surface area (Å²) in [5, 5.41) is 9.40. The molecule has 0 amide bonds. The van der Waals surface area contributed by atoms with Crippen LogP contribution in [0.1, 0.15) is 14.5 Å². The molecule has 0 aliphatic rings. The van der Waals surface area contributed by atoms with Gasteiger partial charge in [0.15, 0.2) is 0 Å². The third-order valence-electron chi connectivity index (χ3n) is 2.65. The first kappa shape index (κ1) is 14.8. The fourth-order valence-corrected chi connectivity index (χ4v) is 4.72. The summed E-state index contributed by atoms with van der Waals surface area (Å²) in [6, 6.07) is 5.61. The van der Waals surface area contributed by atoms with Gasteiger partial charge in [0.25, 0.3) is 0 Å². The average molecular weight is 332 g/mol. The Balaban J connectivity index is 2.67. The highest BCUT2D eigenvalue weighted by Gasteiger charge is 2.29. The maximum atomic E-state index is 12.5. The molecule has 0 saturated carbocycles. The van der Waals surface area contributed by atoms with E-state index in [2.05, 4.69) is 0 Å². The molecule has 1 aromatic heterocycles. The van der Waals surface area contributed by atoms with Gasteiger partial charge < -0.3 is 10.8 Å². The number of benzene rings is 1. The molecular formula is C12H10ClNO4S2. The van der Waals surface area contributed by atoms with Gasteiger partial charge in [-0.2, -0.15) is 0 Å². The Morgan fingerprint density at radius 1 is 1.30 bits per heavy atom. The number of aryl methyl sites for hydroxylation is 1. The van der Waals surface area contributed by atoms with Gasteiger partial charge >= 0.3 is 5.97 Å². The highest BCUT2D eigenvalue weighted by Crippen LogP contribution is 2.37. The average Bonchev–Trinajstić information content (AvgIpc) is 2.66. The van der Waals surface area contributed by atoms with Crippen molar-refractivity contribution in [2.75, 3.05) is 5.73 Å². The quantitative estimate of drug-likeness (QED) is 0.901. The van der Waals surface area contributed by atoms with Crippen LogP contribution in [0.4, 0.5) is 5.69 Å². The number of aromatic carboxylic acids is 1. The number of hydrogen-bond donors (Lipinski definition) is 2. The molecule has 5 nitrogen and oxygen atoms in total. The van der Waals surface area contributed by atoms with Gasteiger partial charge in [0.1, 0.15) is 9.77 Å². The van der Waals surface area contributed by atoms with E-state index >= 15 is 0 Å². The number of carbonyl (C=O) groups is 1. The minimum Gasteiger partial charge on any atom is -0.477 e. The number of anilines is 1. The zero-order valence-corrected chi connectivity index (χ0v) is 12.6. The molecule has 1 aromatic carbocycles. The molecule has 0 fully saturated rings. The van der Waals surface area contributed by atoms with Gasteiger partial charge in [0, 0.05) is 9.90 Å². The van der Waals surface area contributed by atoms with Gasteiger partial charge in [-0.25, -0.2) is 13.2 Å². The molecule has 106 valence electrons. The van der Waals surface area contributed by atoms with Crippen molar-refractivity contribution in [2.24, 2.45) is 0 Å². The predicted octanol–water partition coefficient (Wildman–Crippen LogP) is 2.82. The maximum absolute atomic E-state index is 12.5. The van der Waals surface area contributed by atoms with Crippen LogP contribution in [0.3, 0.4) is 0 Å². The van der Waals surface area contributed by atoms with Crippen LogP contribution in [-0.4, -0.2) is 19.5 Å². The van der Waals surface area contributed by atoms with Gasteiger partial charge in [-0.3, -0.25) is 0 Å². The van der Waals surface area contributed by atoms with Crippen LogP contribution in [0.5, 0.6) is 0 Å². The third kappa shape index (κ3) is 2.39. The van der Waals surface area contributed by atoms with Crippen LogP contribution in [0, 0.1) is 6.92 Å². The fourth-order valence-electron chi connectivity index (χ4n) is 1.77. The second kappa shape index (κ2) is 5.08. The first-order chi connectivity index (χ1) is 9.25. The fraction of sp³-hybridized carbons (Fsp3) is 0.0833. The highest BCUT2D eigenvalue weighted by molar-refractivity contribution is 7.91. The largest absolute Gasteiger partial charge is 0.477 e. The van der Waals surface area contributed by atoms with Crippen molar-refractivity contribution in [1.29, 1.82) is 0 Å². The third-order valence-corrected chi connectivity index (χ3v) is 6.10. The molecule has 0 atom stereocenters. The van der Waals surface area contributed by atoms with E-state index in [1.807, 2.05) is 0 Å². The molecule has 0 spiro atoms. The molecule has 0 unspecified atom stereocenters. The number of halogens is 1. The summed E-state index contributed by atoms with van der Waals surface area (Å²) >= 11 is 6.56. The lowest BCUT2D eigenvalue weighted by Crippen LogP contribution is -2.07. The molecule has 0 aliphatic carbocycles. The van der Waals surface area contributed by atoms with Crippen LogP contribution in [-0.2, 0) is 9.84 Å². The van der Waals surface area contributed by atoms with Crippen molar-refractivity contribution in [3.8, 4) is 0 Å². The van der Waals surface area contributed by atoms with Crippen molar-refractivity contribution in [3.05, 3.63) is 39.0 Å². The van der Waals surface area contributed by atoms with Crippen LogP contribution in [0.25, 0.3) is 0 Å². The van der Waals surface area contributed by atoms with Gasteiger partial charge in [-0.05, 0) is 31.2 Å². The minimum atomic E-state index is -3.87. The molecule has 0 bridgehead atoms. The molecule has 0 saturated heterocycles. The van der Waals surface area contributed by atoms with Gasteiger partial charge in [-0.15, -0.1) is 11.3 Å². The Bertz CT molecular complexity index is 779. The van der Waals surface area contributed by atoms with Gasteiger partial charge in [-0.1, -0.05) is 11.6 Å². The number of rotatable bonds is 3. The summed E-state index contributed by atoms with van der Waals surface area (Å²) in [7, 11) is -3.87. The first-order valence-corrected chi connectivity index (χ1v) is 8.05. The maximum Gasteiger partial charge on any atom is 0.348 e. The topological polar surface area (TPSA) is 97.5 Å². The lowest BCUT2D eigenvalue weighted by Gasteiger charge is -2.05. The molecule has 0 radical (unpaired) electrons. The Morgan fingerprint density at radius 2 is 1.85 bits per heavy atom. The number of carboxylic acids is 1. The van der Waals surface area contributed by atoms with E-state index in [0.717, 1.165) is 11.3 Å². The highest BCUT2D eigenvalue weighted by atomic mass is 35.5. The molecule has 2 aromatic rings. The van der Waals surface area contributed by atoms with Crippen molar-refractivity contribution in [3.63, 3.8) is 0 Å². The number of hydrogen-bond acceptors (Lipinski definition) is 5. The first-order valence-electron chi connectivity index (χ1n) is 5.38. The molecule has 8 heteroatoms. The van der Waals surface area contributed by atoms with E-state index in [9.17, 15) is 13.2 Å². The molecule has 3 N–H and O–H groups in total. The SMILES string of the molecule is Cc1sc(C(=O)O)c(N)c1S(=O)(=O)c1ccc(Cl)cc1. The summed E-state index contributed by atoms with van der Waals surface area (Å²) in [6.07, 6.45) is 0. The number of carboxylic acid groups (broad SMARTS) is 1. The van der Waals surface area contributed by atoms with Crippen molar-refractivity contribution >= 4 is 44.4 Å². The van der Waals surface area contributed by atoms with Gasteiger partial charge in [0.2, 0.25) is 9.84 Å². The Kier molecular flexibility index (Phi) is 3.77.